The number of aromatic nitrogens is 1. The first kappa shape index (κ1) is 15.3. The van der Waals surface area contributed by atoms with Crippen molar-refractivity contribution in [3.8, 4) is 0 Å². The zero-order valence-electron chi connectivity index (χ0n) is 11.7. The molecular weight excluding hydrogens is 338 g/mol. The van der Waals surface area contributed by atoms with E-state index < -0.39 is 0 Å². The molecule has 1 amide bonds. The molecule has 0 radical (unpaired) electrons. The Hall–Kier alpha value is -1.14. The molecule has 1 aromatic carbocycles. The lowest BCUT2D eigenvalue weighted by Gasteiger charge is -2.14. The number of nitrogens with one attached hydrogen (secondary N) is 2. The highest BCUT2D eigenvalue weighted by Gasteiger charge is 2.14. The van der Waals surface area contributed by atoms with Crippen LogP contribution in [0, 0.1) is 5.92 Å². The number of hydrogen-bond donors (Lipinski definition) is 2. The molecular formula is C14H18BrN3OS. The highest BCUT2D eigenvalue weighted by molar-refractivity contribution is 9.10. The van der Waals surface area contributed by atoms with E-state index in [4.69, 9.17) is 0 Å². The second kappa shape index (κ2) is 6.54. The van der Waals surface area contributed by atoms with Crippen LogP contribution in [0.15, 0.2) is 22.7 Å². The van der Waals surface area contributed by atoms with Crippen LogP contribution in [-0.4, -0.2) is 23.5 Å². The fraction of sp³-hybridized carbons (Fsp3) is 0.429. The molecule has 1 aromatic heterocycles. The number of carbonyl (C=O) groups is 1. The predicted molar refractivity (Wildman–Crippen MR) is 88.3 cm³/mol. The number of nitrogens with zero attached hydrogens (tertiary/aromatic N) is 1. The SMILES string of the molecule is CC(C)CNC(=O)C(C)Nc1nc2ccc(Br)cc2s1. The van der Waals surface area contributed by atoms with Crippen molar-refractivity contribution < 1.29 is 4.79 Å². The quantitative estimate of drug-likeness (QED) is 0.860. The molecule has 2 N–H and O–H groups in total. The van der Waals surface area contributed by atoms with Crippen LogP contribution in [0.3, 0.4) is 0 Å². The molecule has 4 nitrogen and oxygen atoms in total. The molecule has 2 aromatic rings. The average molecular weight is 356 g/mol. The Bertz CT molecular complexity index is 611. The fourth-order valence-corrected chi connectivity index (χ4v) is 3.17. The standard InChI is InChI=1S/C14H18BrN3OS/c1-8(2)7-16-13(19)9(3)17-14-18-11-5-4-10(15)6-12(11)20-14/h4-6,8-9H,7H2,1-3H3,(H,16,19)(H,17,18). The van der Waals surface area contributed by atoms with E-state index in [1.165, 1.54) is 0 Å². The second-order valence-electron chi connectivity index (χ2n) is 5.14. The van der Waals surface area contributed by atoms with E-state index in [-0.39, 0.29) is 11.9 Å². The Morgan fingerprint density at radius 3 is 2.85 bits per heavy atom. The van der Waals surface area contributed by atoms with Crippen LogP contribution in [0.25, 0.3) is 10.2 Å². The van der Waals surface area contributed by atoms with E-state index in [1.807, 2.05) is 25.1 Å². The number of benzene rings is 1. The molecule has 1 atom stereocenters. The Balaban J connectivity index is 2.02. The van der Waals surface area contributed by atoms with E-state index in [9.17, 15) is 4.79 Å². The number of hydrogen-bond acceptors (Lipinski definition) is 4. The van der Waals surface area contributed by atoms with E-state index in [0.717, 1.165) is 19.8 Å². The van der Waals surface area contributed by atoms with Gasteiger partial charge in [-0.05, 0) is 31.0 Å². The van der Waals surface area contributed by atoms with Gasteiger partial charge in [0.25, 0.3) is 0 Å². The van der Waals surface area contributed by atoms with Crippen LogP contribution in [0.4, 0.5) is 5.13 Å². The number of anilines is 1. The van der Waals surface area contributed by atoms with Gasteiger partial charge in [0, 0.05) is 11.0 Å². The highest BCUT2D eigenvalue weighted by Crippen LogP contribution is 2.28. The first-order valence-corrected chi connectivity index (χ1v) is 8.17. The topological polar surface area (TPSA) is 54.0 Å². The molecule has 6 heteroatoms. The van der Waals surface area contributed by atoms with Gasteiger partial charge in [0.1, 0.15) is 6.04 Å². The lowest BCUT2D eigenvalue weighted by molar-refractivity contribution is -0.121. The maximum Gasteiger partial charge on any atom is 0.242 e. The summed E-state index contributed by atoms with van der Waals surface area (Å²) in [7, 11) is 0. The smallest absolute Gasteiger partial charge is 0.242 e. The normalized spacial score (nSPS) is 12.7. The number of fused-ring (bicyclic) bond motifs is 1. The van der Waals surface area contributed by atoms with Crippen molar-refractivity contribution in [1.82, 2.24) is 10.3 Å². The maximum absolute atomic E-state index is 11.9. The summed E-state index contributed by atoms with van der Waals surface area (Å²) < 4.78 is 2.12. The summed E-state index contributed by atoms with van der Waals surface area (Å²) in [5, 5.41) is 6.84. The monoisotopic (exact) mass is 355 g/mol. The van der Waals surface area contributed by atoms with Gasteiger partial charge < -0.3 is 10.6 Å². The zero-order valence-corrected chi connectivity index (χ0v) is 14.1. The minimum atomic E-state index is -0.294. The summed E-state index contributed by atoms with van der Waals surface area (Å²) >= 11 is 4.99. The number of halogens is 1. The summed E-state index contributed by atoms with van der Waals surface area (Å²) in [5.74, 6) is 0.449. The van der Waals surface area contributed by atoms with Gasteiger partial charge >= 0.3 is 0 Å². The minimum Gasteiger partial charge on any atom is -0.354 e. The number of thiazole rings is 1. The van der Waals surface area contributed by atoms with Gasteiger partial charge in [-0.3, -0.25) is 4.79 Å². The van der Waals surface area contributed by atoms with Crippen LogP contribution in [-0.2, 0) is 4.79 Å². The van der Waals surface area contributed by atoms with Crippen LogP contribution in [0.5, 0.6) is 0 Å². The van der Waals surface area contributed by atoms with Gasteiger partial charge in [-0.15, -0.1) is 0 Å². The lowest BCUT2D eigenvalue weighted by Crippen LogP contribution is -2.39. The van der Waals surface area contributed by atoms with Crippen LogP contribution in [0.2, 0.25) is 0 Å². The van der Waals surface area contributed by atoms with E-state index in [0.29, 0.717) is 12.5 Å². The van der Waals surface area contributed by atoms with Gasteiger partial charge in [-0.1, -0.05) is 41.1 Å². The number of carbonyl (C=O) groups excluding carboxylic acids is 1. The van der Waals surface area contributed by atoms with Crippen molar-refractivity contribution in [3.05, 3.63) is 22.7 Å². The highest BCUT2D eigenvalue weighted by atomic mass is 79.9. The van der Waals surface area contributed by atoms with Crippen LogP contribution in [0.1, 0.15) is 20.8 Å². The van der Waals surface area contributed by atoms with Gasteiger partial charge in [0.2, 0.25) is 5.91 Å². The van der Waals surface area contributed by atoms with Crippen LogP contribution < -0.4 is 10.6 Å². The molecule has 108 valence electrons. The maximum atomic E-state index is 11.9. The molecule has 1 unspecified atom stereocenters. The predicted octanol–water partition coefficient (Wildman–Crippen LogP) is 3.63. The molecule has 2 rings (SSSR count). The van der Waals surface area contributed by atoms with Crippen molar-refractivity contribution in [2.45, 2.75) is 26.8 Å². The largest absolute Gasteiger partial charge is 0.354 e. The second-order valence-corrected chi connectivity index (χ2v) is 7.08. The van der Waals surface area contributed by atoms with Crippen molar-refractivity contribution >= 4 is 48.5 Å². The summed E-state index contributed by atoms with van der Waals surface area (Å²) in [5.41, 5.74) is 0.940. The van der Waals surface area contributed by atoms with Crippen molar-refractivity contribution in [3.63, 3.8) is 0 Å². The first-order chi connectivity index (χ1) is 9.45. The van der Waals surface area contributed by atoms with Gasteiger partial charge in [-0.25, -0.2) is 4.98 Å². The third kappa shape index (κ3) is 3.93. The van der Waals surface area contributed by atoms with Crippen molar-refractivity contribution in [1.29, 1.82) is 0 Å². The molecule has 0 aliphatic carbocycles. The number of rotatable bonds is 5. The molecule has 0 saturated carbocycles. The molecule has 0 aliphatic rings. The van der Waals surface area contributed by atoms with Gasteiger partial charge in [0.05, 0.1) is 10.2 Å². The van der Waals surface area contributed by atoms with Crippen LogP contribution >= 0.6 is 27.3 Å². The van der Waals surface area contributed by atoms with Gasteiger partial charge in [0.15, 0.2) is 5.13 Å². The molecule has 0 spiro atoms. The summed E-state index contributed by atoms with van der Waals surface area (Å²) in [6.45, 7) is 6.68. The molecule has 0 bridgehead atoms. The van der Waals surface area contributed by atoms with Gasteiger partial charge in [-0.2, -0.15) is 0 Å². The summed E-state index contributed by atoms with van der Waals surface area (Å²) in [4.78, 5) is 16.4. The third-order valence-electron chi connectivity index (χ3n) is 2.77. The van der Waals surface area contributed by atoms with E-state index in [2.05, 4.69) is 45.4 Å². The molecule has 0 aliphatic heterocycles. The molecule has 0 saturated heterocycles. The van der Waals surface area contributed by atoms with Crippen molar-refractivity contribution in [2.24, 2.45) is 5.92 Å². The van der Waals surface area contributed by atoms with E-state index in [1.54, 1.807) is 11.3 Å². The Morgan fingerprint density at radius 1 is 1.40 bits per heavy atom. The molecule has 0 fully saturated rings. The zero-order chi connectivity index (χ0) is 14.7. The average Bonchev–Trinajstić information content (AvgIpc) is 2.76. The summed E-state index contributed by atoms with van der Waals surface area (Å²) in [6, 6.07) is 5.66. The minimum absolute atomic E-state index is 0.000799. The Morgan fingerprint density at radius 2 is 2.15 bits per heavy atom. The molecule has 1 heterocycles. The third-order valence-corrected chi connectivity index (χ3v) is 4.21. The van der Waals surface area contributed by atoms with E-state index >= 15 is 0 Å². The molecule has 20 heavy (non-hydrogen) atoms. The van der Waals surface area contributed by atoms with Crippen molar-refractivity contribution in [2.75, 3.05) is 11.9 Å². The number of amides is 1. The fourth-order valence-electron chi connectivity index (χ4n) is 1.67. The Kier molecular flexibility index (Phi) is 4.99. The Labute approximate surface area is 131 Å². The summed E-state index contributed by atoms with van der Waals surface area (Å²) in [6.07, 6.45) is 0. The lowest BCUT2D eigenvalue weighted by atomic mass is 10.2. The first-order valence-electron chi connectivity index (χ1n) is 6.56.